The Morgan fingerprint density at radius 1 is 0.385 bits per heavy atom. The minimum Gasteiger partial charge on any atom is -0.455 e. The van der Waals surface area contributed by atoms with Gasteiger partial charge in [-0.2, -0.15) is 0 Å². The van der Waals surface area contributed by atoms with E-state index >= 15 is 0 Å². The number of thiophene rings is 1. The van der Waals surface area contributed by atoms with Crippen LogP contribution >= 0.6 is 11.3 Å². The van der Waals surface area contributed by atoms with E-state index in [4.69, 9.17) is 19.4 Å². The van der Waals surface area contributed by atoms with Crippen molar-refractivity contribution in [1.29, 1.82) is 0 Å². The van der Waals surface area contributed by atoms with Crippen molar-refractivity contribution < 1.29 is 4.42 Å². The molecule has 242 valence electrons. The summed E-state index contributed by atoms with van der Waals surface area (Å²) in [5.41, 5.74) is 6.58. The highest BCUT2D eigenvalue weighted by molar-refractivity contribution is 7.25. The van der Waals surface area contributed by atoms with Crippen LogP contribution in [0.25, 0.3) is 109 Å². The van der Waals surface area contributed by atoms with Crippen molar-refractivity contribution >= 4 is 75.0 Å². The first kappa shape index (κ1) is 29.1. The van der Waals surface area contributed by atoms with E-state index in [2.05, 4.69) is 158 Å². The molecule has 0 radical (unpaired) electrons. The van der Waals surface area contributed by atoms with Gasteiger partial charge in [0.2, 0.25) is 0 Å². The van der Waals surface area contributed by atoms with Crippen molar-refractivity contribution in [1.82, 2.24) is 15.0 Å². The molecule has 0 atom stereocenters. The lowest BCUT2D eigenvalue weighted by Crippen LogP contribution is -2.01. The van der Waals surface area contributed by atoms with Crippen LogP contribution in [0.3, 0.4) is 0 Å². The number of hydrogen-bond donors (Lipinski definition) is 0. The molecular formula is C47H27N3OS. The van der Waals surface area contributed by atoms with Crippen LogP contribution in [0.15, 0.2) is 168 Å². The summed E-state index contributed by atoms with van der Waals surface area (Å²) in [5.74, 6) is 1.87. The molecule has 0 spiro atoms. The highest BCUT2D eigenvalue weighted by atomic mass is 32.1. The van der Waals surface area contributed by atoms with Gasteiger partial charge in [0, 0.05) is 53.2 Å². The fourth-order valence-corrected chi connectivity index (χ4v) is 8.76. The van der Waals surface area contributed by atoms with Crippen molar-refractivity contribution in [2.45, 2.75) is 0 Å². The molecule has 0 saturated carbocycles. The third kappa shape index (κ3) is 4.57. The smallest absolute Gasteiger partial charge is 0.164 e. The fraction of sp³-hybridized carbons (Fsp3) is 0. The second-order valence-electron chi connectivity index (χ2n) is 13.2. The van der Waals surface area contributed by atoms with Gasteiger partial charge >= 0.3 is 0 Å². The van der Waals surface area contributed by atoms with Crippen molar-refractivity contribution in [2.24, 2.45) is 0 Å². The van der Waals surface area contributed by atoms with Gasteiger partial charge in [0.25, 0.3) is 0 Å². The summed E-state index contributed by atoms with van der Waals surface area (Å²) >= 11 is 1.79. The molecule has 0 saturated heterocycles. The molecule has 0 fully saturated rings. The number of nitrogens with zero attached hydrogens (tertiary/aromatic N) is 3. The molecule has 11 aromatic rings. The van der Waals surface area contributed by atoms with E-state index in [1.54, 1.807) is 11.3 Å². The standard InChI is InChI=1S/C47H27N3OS/c1-2-12-29(13-3-1)34-23-24-37(43-38-26-31-15-6-7-16-32(31)27-39(38)51-44(34)43)47-49-45(33-22-21-28-11-4-5-14-30(28)25-33)48-46(50-47)36-18-10-20-41-42(36)35-17-8-9-19-40(35)52-41/h1-27H. The van der Waals surface area contributed by atoms with E-state index < -0.39 is 0 Å². The summed E-state index contributed by atoms with van der Waals surface area (Å²) in [6.07, 6.45) is 0. The Kier molecular flexibility index (Phi) is 6.39. The van der Waals surface area contributed by atoms with E-state index in [0.29, 0.717) is 17.5 Å². The predicted molar refractivity (Wildman–Crippen MR) is 217 cm³/mol. The van der Waals surface area contributed by atoms with E-state index in [1.165, 1.54) is 20.2 Å². The molecule has 0 aliphatic heterocycles. The van der Waals surface area contributed by atoms with Crippen molar-refractivity contribution in [3.63, 3.8) is 0 Å². The maximum absolute atomic E-state index is 6.81. The lowest BCUT2D eigenvalue weighted by atomic mass is 9.97. The van der Waals surface area contributed by atoms with Crippen LogP contribution in [0, 0.1) is 0 Å². The van der Waals surface area contributed by atoms with Crippen LogP contribution in [0.5, 0.6) is 0 Å². The van der Waals surface area contributed by atoms with E-state index in [1.807, 2.05) is 6.07 Å². The largest absolute Gasteiger partial charge is 0.455 e. The zero-order valence-electron chi connectivity index (χ0n) is 27.7. The van der Waals surface area contributed by atoms with E-state index in [-0.39, 0.29) is 0 Å². The Morgan fingerprint density at radius 2 is 1.02 bits per heavy atom. The molecule has 0 unspecified atom stereocenters. The number of hydrogen-bond acceptors (Lipinski definition) is 5. The minimum atomic E-state index is 0.602. The summed E-state index contributed by atoms with van der Waals surface area (Å²) in [4.78, 5) is 15.9. The Morgan fingerprint density at radius 3 is 1.85 bits per heavy atom. The Balaban J connectivity index is 1.24. The van der Waals surface area contributed by atoms with E-state index in [0.717, 1.165) is 71.3 Å². The van der Waals surface area contributed by atoms with Gasteiger partial charge in [0.05, 0.1) is 0 Å². The first-order valence-electron chi connectivity index (χ1n) is 17.3. The number of aromatic nitrogens is 3. The second-order valence-corrected chi connectivity index (χ2v) is 14.3. The molecule has 0 aliphatic rings. The molecule has 0 amide bonds. The maximum Gasteiger partial charge on any atom is 0.164 e. The minimum absolute atomic E-state index is 0.602. The Labute approximate surface area is 302 Å². The van der Waals surface area contributed by atoms with Crippen LogP contribution in [0.4, 0.5) is 0 Å². The van der Waals surface area contributed by atoms with Gasteiger partial charge in [-0.1, -0.05) is 121 Å². The maximum atomic E-state index is 6.81. The van der Waals surface area contributed by atoms with Gasteiger partial charge in [-0.15, -0.1) is 11.3 Å². The molecular weight excluding hydrogens is 655 g/mol. The van der Waals surface area contributed by atoms with Crippen molar-refractivity contribution in [3.05, 3.63) is 164 Å². The van der Waals surface area contributed by atoms with Crippen LogP contribution in [0.2, 0.25) is 0 Å². The molecule has 11 rings (SSSR count). The van der Waals surface area contributed by atoms with Gasteiger partial charge in [0.15, 0.2) is 17.5 Å². The first-order valence-corrected chi connectivity index (χ1v) is 18.2. The topological polar surface area (TPSA) is 51.8 Å². The van der Waals surface area contributed by atoms with Gasteiger partial charge in [0.1, 0.15) is 11.2 Å². The molecule has 0 aliphatic carbocycles. The Hall–Kier alpha value is -6.69. The zero-order valence-corrected chi connectivity index (χ0v) is 28.6. The number of fused-ring (bicyclic) bond motifs is 8. The molecule has 5 heteroatoms. The molecule has 0 N–H and O–H groups in total. The number of rotatable bonds is 4. The lowest BCUT2D eigenvalue weighted by Gasteiger charge is -2.12. The normalized spacial score (nSPS) is 11.8. The molecule has 8 aromatic carbocycles. The highest BCUT2D eigenvalue weighted by Crippen LogP contribution is 2.44. The number of furan rings is 1. The molecule has 0 bridgehead atoms. The fourth-order valence-electron chi connectivity index (χ4n) is 7.63. The second kappa shape index (κ2) is 11.4. The average Bonchev–Trinajstić information content (AvgIpc) is 3.78. The lowest BCUT2D eigenvalue weighted by molar-refractivity contribution is 0.670. The average molecular weight is 682 g/mol. The zero-order chi connectivity index (χ0) is 34.2. The molecule has 3 aromatic heterocycles. The van der Waals surface area contributed by atoms with Crippen LogP contribution in [-0.2, 0) is 0 Å². The Bertz CT molecular complexity index is 3200. The quantitative estimate of drug-likeness (QED) is 0.185. The van der Waals surface area contributed by atoms with Crippen molar-refractivity contribution in [2.75, 3.05) is 0 Å². The predicted octanol–water partition coefficient (Wildman–Crippen LogP) is 13.1. The molecule has 3 heterocycles. The van der Waals surface area contributed by atoms with Gasteiger partial charge in [-0.25, -0.2) is 15.0 Å². The van der Waals surface area contributed by atoms with Crippen molar-refractivity contribution in [3.8, 4) is 45.3 Å². The van der Waals surface area contributed by atoms with E-state index in [9.17, 15) is 0 Å². The summed E-state index contributed by atoms with van der Waals surface area (Å²) in [6.45, 7) is 0. The van der Waals surface area contributed by atoms with Crippen LogP contribution < -0.4 is 0 Å². The van der Waals surface area contributed by atoms with Crippen LogP contribution in [-0.4, -0.2) is 15.0 Å². The summed E-state index contributed by atoms with van der Waals surface area (Å²) < 4.78 is 9.26. The molecule has 4 nitrogen and oxygen atoms in total. The summed E-state index contributed by atoms with van der Waals surface area (Å²) in [6, 6.07) is 57.3. The first-order chi connectivity index (χ1) is 25.7. The van der Waals surface area contributed by atoms with Gasteiger partial charge in [-0.3, -0.25) is 0 Å². The SMILES string of the molecule is c1ccc(-c2ccc(-c3nc(-c4ccc5ccccc5c4)nc(-c4cccc5sc6ccccc6c45)n3)c3c2oc2cc4ccccc4cc23)cc1. The summed E-state index contributed by atoms with van der Waals surface area (Å²) in [5, 5.41) is 8.97. The van der Waals surface area contributed by atoms with Gasteiger partial charge in [-0.05, 0) is 69.6 Å². The molecule has 52 heavy (non-hydrogen) atoms. The summed E-state index contributed by atoms with van der Waals surface area (Å²) in [7, 11) is 0. The van der Waals surface area contributed by atoms with Gasteiger partial charge < -0.3 is 4.42 Å². The third-order valence-electron chi connectivity index (χ3n) is 10.1. The monoisotopic (exact) mass is 681 g/mol. The number of benzene rings is 8. The van der Waals surface area contributed by atoms with Crippen LogP contribution in [0.1, 0.15) is 0 Å². The highest BCUT2D eigenvalue weighted by Gasteiger charge is 2.22. The third-order valence-corrected chi connectivity index (χ3v) is 11.2.